The van der Waals surface area contributed by atoms with Crippen LogP contribution in [-0.2, 0) is 16.1 Å². The fourth-order valence-corrected chi connectivity index (χ4v) is 3.01. The molecule has 1 atom stereocenters. The minimum absolute atomic E-state index is 0.00639. The van der Waals surface area contributed by atoms with Crippen LogP contribution in [0.25, 0.3) is 0 Å². The van der Waals surface area contributed by atoms with E-state index in [1.807, 2.05) is 24.1 Å². The van der Waals surface area contributed by atoms with Crippen molar-refractivity contribution < 1.29 is 18.7 Å². The molecule has 2 aromatic rings. The fourth-order valence-electron chi connectivity index (χ4n) is 2.86. The van der Waals surface area contributed by atoms with E-state index in [1.54, 1.807) is 12.1 Å². The van der Waals surface area contributed by atoms with Gasteiger partial charge in [-0.25, -0.2) is 9.18 Å². The van der Waals surface area contributed by atoms with Gasteiger partial charge in [0.1, 0.15) is 12.4 Å². The summed E-state index contributed by atoms with van der Waals surface area (Å²) in [5.41, 5.74) is 1.83. The van der Waals surface area contributed by atoms with Gasteiger partial charge in [-0.15, -0.1) is 0 Å². The molecule has 0 radical (unpaired) electrons. The highest BCUT2D eigenvalue weighted by Gasteiger charge is 2.24. The Bertz CT molecular complexity index is 845. The number of rotatable bonds is 4. The van der Waals surface area contributed by atoms with Gasteiger partial charge in [-0.3, -0.25) is 15.0 Å². The number of likely N-dealkylation sites (N-methyl/N-ethyl adjacent to an activating group) is 1. The number of hydrogen-bond acceptors (Lipinski definition) is 4. The van der Waals surface area contributed by atoms with Crippen molar-refractivity contribution in [2.24, 2.45) is 0 Å². The average molecular weight is 392 g/mol. The van der Waals surface area contributed by atoms with Gasteiger partial charge in [0.2, 0.25) is 5.91 Å². The van der Waals surface area contributed by atoms with E-state index in [9.17, 15) is 14.0 Å². The number of halogens is 2. The van der Waals surface area contributed by atoms with Gasteiger partial charge in [0.25, 0.3) is 0 Å². The average Bonchev–Trinajstić information content (AvgIpc) is 2.62. The Morgan fingerprint density at radius 1 is 1.33 bits per heavy atom. The van der Waals surface area contributed by atoms with E-state index in [2.05, 4.69) is 10.6 Å². The van der Waals surface area contributed by atoms with Gasteiger partial charge in [0.05, 0.1) is 12.6 Å². The van der Waals surface area contributed by atoms with E-state index in [0.717, 1.165) is 5.56 Å². The summed E-state index contributed by atoms with van der Waals surface area (Å²) in [4.78, 5) is 25.3. The van der Waals surface area contributed by atoms with Gasteiger partial charge in [-0.2, -0.15) is 0 Å². The van der Waals surface area contributed by atoms with Gasteiger partial charge >= 0.3 is 6.09 Å². The predicted octanol–water partition coefficient (Wildman–Crippen LogP) is 3.33. The third kappa shape index (κ3) is 4.96. The Morgan fingerprint density at radius 3 is 2.74 bits per heavy atom. The molecule has 1 saturated heterocycles. The molecule has 1 aliphatic heterocycles. The molecule has 1 aliphatic rings. The number of nitrogens with one attached hydrogen (secondary N) is 2. The Hall–Kier alpha value is -2.64. The maximum Gasteiger partial charge on any atom is 0.411 e. The molecule has 2 aromatic carbocycles. The van der Waals surface area contributed by atoms with Gasteiger partial charge in [-0.05, 0) is 36.9 Å². The van der Waals surface area contributed by atoms with E-state index in [4.69, 9.17) is 16.3 Å². The molecule has 142 valence electrons. The summed E-state index contributed by atoms with van der Waals surface area (Å²) < 4.78 is 18.7. The molecule has 0 aromatic heterocycles. The number of ether oxygens (including phenoxy) is 1. The lowest BCUT2D eigenvalue weighted by Gasteiger charge is -2.32. The fraction of sp³-hybridized carbons (Fsp3) is 0.263. The highest BCUT2D eigenvalue weighted by atomic mass is 35.5. The first-order chi connectivity index (χ1) is 12.9. The molecule has 1 heterocycles. The maximum atomic E-state index is 13.7. The lowest BCUT2D eigenvalue weighted by molar-refractivity contribution is -0.125. The number of anilines is 1. The van der Waals surface area contributed by atoms with Crippen molar-refractivity contribution in [1.29, 1.82) is 0 Å². The number of piperazine rings is 1. The number of amides is 2. The van der Waals surface area contributed by atoms with Crippen molar-refractivity contribution >= 4 is 29.3 Å². The molecule has 0 aliphatic carbocycles. The first kappa shape index (κ1) is 19.1. The number of carbonyl (C=O) groups is 2. The molecular formula is C19H19ClFN3O3. The highest BCUT2D eigenvalue weighted by Crippen LogP contribution is 2.22. The number of carbonyl (C=O) groups excluding carboxylic acids is 2. The van der Waals surface area contributed by atoms with Crippen molar-refractivity contribution in [1.82, 2.24) is 10.2 Å². The maximum absolute atomic E-state index is 13.7. The summed E-state index contributed by atoms with van der Waals surface area (Å²) in [5, 5.41) is 5.72. The van der Waals surface area contributed by atoms with Crippen molar-refractivity contribution in [3.63, 3.8) is 0 Å². The van der Waals surface area contributed by atoms with Crippen LogP contribution in [0.2, 0.25) is 5.02 Å². The van der Waals surface area contributed by atoms with E-state index in [1.165, 1.54) is 18.2 Å². The molecular weight excluding hydrogens is 373 g/mol. The largest absolute Gasteiger partial charge is 0.444 e. The lowest BCUT2D eigenvalue weighted by atomic mass is 10.0. The number of nitrogens with zero attached hydrogens (tertiary/aromatic N) is 1. The highest BCUT2D eigenvalue weighted by molar-refractivity contribution is 6.30. The van der Waals surface area contributed by atoms with Crippen LogP contribution in [0.3, 0.4) is 0 Å². The van der Waals surface area contributed by atoms with Crippen molar-refractivity contribution in [3.05, 3.63) is 64.4 Å². The summed E-state index contributed by atoms with van der Waals surface area (Å²) in [6.45, 7) is 0.689. The second-order valence-corrected chi connectivity index (χ2v) is 6.73. The number of hydrogen-bond donors (Lipinski definition) is 2. The summed E-state index contributed by atoms with van der Waals surface area (Å²) in [6.07, 6.45) is -0.681. The van der Waals surface area contributed by atoms with Crippen LogP contribution in [0.4, 0.5) is 14.9 Å². The van der Waals surface area contributed by atoms with Gasteiger partial charge in [0.15, 0.2) is 0 Å². The molecule has 0 spiro atoms. The molecule has 27 heavy (non-hydrogen) atoms. The Labute approximate surface area is 161 Å². The molecule has 0 saturated carbocycles. The van der Waals surface area contributed by atoms with Crippen LogP contribution >= 0.6 is 11.6 Å². The molecule has 3 rings (SSSR count). The topological polar surface area (TPSA) is 70.7 Å². The zero-order valence-corrected chi connectivity index (χ0v) is 15.4. The molecule has 6 nitrogen and oxygen atoms in total. The van der Waals surface area contributed by atoms with E-state index in [0.29, 0.717) is 18.8 Å². The van der Waals surface area contributed by atoms with Crippen molar-refractivity contribution in [3.8, 4) is 0 Å². The summed E-state index contributed by atoms with van der Waals surface area (Å²) >= 11 is 5.69. The Morgan fingerprint density at radius 2 is 2.07 bits per heavy atom. The molecule has 0 bridgehead atoms. The third-order valence-electron chi connectivity index (χ3n) is 4.33. The second kappa shape index (κ2) is 8.37. The number of benzene rings is 2. The van der Waals surface area contributed by atoms with Crippen LogP contribution in [0, 0.1) is 5.82 Å². The summed E-state index contributed by atoms with van der Waals surface area (Å²) in [5.74, 6) is -0.518. The van der Waals surface area contributed by atoms with E-state index >= 15 is 0 Å². The predicted molar refractivity (Wildman–Crippen MR) is 100 cm³/mol. The molecule has 2 amide bonds. The zero-order chi connectivity index (χ0) is 19.4. The van der Waals surface area contributed by atoms with Gasteiger partial charge in [0, 0.05) is 22.8 Å². The summed E-state index contributed by atoms with van der Waals surface area (Å²) in [7, 11) is 1.89. The first-order valence-corrected chi connectivity index (χ1v) is 8.75. The summed E-state index contributed by atoms with van der Waals surface area (Å²) in [6, 6.07) is 11.5. The van der Waals surface area contributed by atoms with Crippen LogP contribution in [0.1, 0.15) is 17.2 Å². The minimum atomic E-state index is -0.681. The normalized spacial score (nSPS) is 17.3. The Balaban J connectivity index is 1.54. The smallest absolute Gasteiger partial charge is 0.411 e. The second-order valence-electron chi connectivity index (χ2n) is 6.29. The van der Waals surface area contributed by atoms with Crippen molar-refractivity contribution in [2.45, 2.75) is 12.6 Å². The molecule has 1 fully saturated rings. The zero-order valence-electron chi connectivity index (χ0n) is 14.7. The minimum Gasteiger partial charge on any atom is -0.444 e. The van der Waals surface area contributed by atoms with Crippen LogP contribution in [0.15, 0.2) is 42.5 Å². The Kier molecular flexibility index (Phi) is 5.93. The van der Waals surface area contributed by atoms with Gasteiger partial charge in [-0.1, -0.05) is 29.8 Å². The van der Waals surface area contributed by atoms with Crippen LogP contribution in [0.5, 0.6) is 0 Å². The standard InChI is InChI=1S/C19H19ClFN3O3/c1-24-10-18(25)22-9-17(24)12-3-6-15(7-4-12)23-19(26)27-11-13-2-5-14(20)8-16(13)21/h2-8,17H,9-11H2,1H3,(H,22,25)(H,23,26). The van der Waals surface area contributed by atoms with Gasteiger partial charge < -0.3 is 10.1 Å². The lowest BCUT2D eigenvalue weighted by Crippen LogP contribution is -2.47. The quantitative estimate of drug-likeness (QED) is 0.838. The van der Waals surface area contributed by atoms with Crippen LogP contribution < -0.4 is 10.6 Å². The van der Waals surface area contributed by atoms with Crippen LogP contribution in [-0.4, -0.2) is 37.0 Å². The molecule has 8 heteroatoms. The third-order valence-corrected chi connectivity index (χ3v) is 4.57. The molecule has 2 N–H and O–H groups in total. The first-order valence-electron chi connectivity index (χ1n) is 8.37. The van der Waals surface area contributed by atoms with E-state index < -0.39 is 11.9 Å². The van der Waals surface area contributed by atoms with E-state index in [-0.39, 0.29) is 29.1 Å². The SMILES string of the molecule is CN1CC(=O)NCC1c1ccc(NC(=O)OCc2ccc(Cl)cc2F)cc1. The monoisotopic (exact) mass is 391 g/mol. The molecule has 1 unspecified atom stereocenters. The van der Waals surface area contributed by atoms with Crippen molar-refractivity contribution in [2.75, 3.05) is 25.5 Å².